The van der Waals surface area contributed by atoms with E-state index >= 15 is 0 Å². The Morgan fingerprint density at radius 2 is 1.62 bits per heavy atom. The van der Waals surface area contributed by atoms with E-state index in [1.807, 2.05) is 49.4 Å². The minimum atomic E-state index is -0.200. The largest absolute Gasteiger partial charge is 0.289 e. The molecule has 0 amide bonds. The van der Waals surface area contributed by atoms with Crippen LogP contribution in [0.5, 0.6) is 0 Å². The van der Waals surface area contributed by atoms with Crippen LogP contribution in [0, 0.1) is 6.92 Å². The highest BCUT2D eigenvalue weighted by molar-refractivity contribution is 6.25. The van der Waals surface area contributed by atoms with Gasteiger partial charge < -0.3 is 0 Å². The zero-order chi connectivity index (χ0) is 17.8. The molecule has 4 aromatic rings. The first kappa shape index (κ1) is 14.8. The van der Waals surface area contributed by atoms with E-state index in [9.17, 15) is 9.59 Å². The number of aromatic nitrogens is 2. The van der Waals surface area contributed by atoms with Gasteiger partial charge in [0.25, 0.3) is 5.91 Å². The Morgan fingerprint density at radius 3 is 2.42 bits per heavy atom. The number of carbonyl (C=O) groups is 2. The maximum absolute atomic E-state index is 13.1. The van der Waals surface area contributed by atoms with Gasteiger partial charge in [-0.1, -0.05) is 54.1 Å². The Balaban J connectivity index is 1.82. The molecule has 0 fully saturated rings. The molecule has 0 unspecified atom stereocenters. The molecule has 0 N–H and O–H groups in total. The second kappa shape index (κ2) is 5.23. The fourth-order valence-corrected chi connectivity index (χ4v) is 3.64. The fraction of sp³-hybridized carbons (Fsp3) is 0.0455. The van der Waals surface area contributed by atoms with E-state index in [0.29, 0.717) is 27.9 Å². The van der Waals surface area contributed by atoms with E-state index < -0.39 is 0 Å². The summed E-state index contributed by atoms with van der Waals surface area (Å²) in [6.07, 6.45) is 0. The first-order valence-electron chi connectivity index (χ1n) is 8.42. The summed E-state index contributed by atoms with van der Waals surface area (Å²) in [6.45, 7) is 1.95. The molecule has 0 saturated heterocycles. The quantitative estimate of drug-likeness (QED) is 0.459. The average molecular weight is 338 g/mol. The van der Waals surface area contributed by atoms with Gasteiger partial charge in [0.05, 0.1) is 5.52 Å². The third-order valence-electron chi connectivity index (χ3n) is 4.84. The molecule has 4 heteroatoms. The Bertz CT molecular complexity index is 1230. The van der Waals surface area contributed by atoms with Crippen molar-refractivity contribution in [3.63, 3.8) is 0 Å². The molecular weight excluding hydrogens is 324 g/mol. The lowest BCUT2D eigenvalue weighted by atomic mass is 9.87. The predicted molar refractivity (Wildman–Crippen MR) is 99.5 cm³/mol. The topological polar surface area (TPSA) is 52.0 Å². The normalized spacial score (nSPS) is 12.3. The second-order valence-electron chi connectivity index (χ2n) is 6.51. The van der Waals surface area contributed by atoms with Gasteiger partial charge in [-0.25, -0.2) is 0 Å². The van der Waals surface area contributed by atoms with Gasteiger partial charge >= 0.3 is 0 Å². The van der Waals surface area contributed by atoms with Gasteiger partial charge in [-0.2, -0.15) is 9.78 Å². The van der Waals surface area contributed by atoms with Gasteiger partial charge in [0.1, 0.15) is 5.69 Å². The molecule has 0 spiro atoms. The summed E-state index contributed by atoms with van der Waals surface area (Å²) < 4.78 is 1.41. The number of carbonyl (C=O) groups excluding carboxylic acids is 2. The third-order valence-corrected chi connectivity index (χ3v) is 4.84. The van der Waals surface area contributed by atoms with Gasteiger partial charge in [-0.05, 0) is 25.1 Å². The number of fused-ring (bicyclic) bond motifs is 2. The van der Waals surface area contributed by atoms with E-state index in [4.69, 9.17) is 0 Å². The zero-order valence-electron chi connectivity index (χ0n) is 14.1. The smallest absolute Gasteiger partial charge is 0.278 e. The number of hydrogen-bond acceptors (Lipinski definition) is 3. The summed E-state index contributed by atoms with van der Waals surface area (Å²) in [6, 6.07) is 20.3. The average Bonchev–Trinajstić information content (AvgIpc) is 3.06. The molecule has 0 radical (unpaired) electrons. The van der Waals surface area contributed by atoms with E-state index in [-0.39, 0.29) is 11.7 Å². The first-order chi connectivity index (χ1) is 12.6. The molecule has 0 saturated carbocycles. The van der Waals surface area contributed by atoms with Gasteiger partial charge in [-0.15, -0.1) is 0 Å². The van der Waals surface area contributed by atoms with Crippen molar-refractivity contribution in [2.45, 2.75) is 6.92 Å². The lowest BCUT2D eigenvalue weighted by molar-refractivity contribution is 0.0950. The fourth-order valence-electron chi connectivity index (χ4n) is 3.64. The Kier molecular flexibility index (Phi) is 2.97. The van der Waals surface area contributed by atoms with Gasteiger partial charge in [0, 0.05) is 27.6 Å². The standard InChI is InChI=1S/C22H14N2O2/c1-13-6-4-7-14(12-13)22(26)24-18-11-5-10-17-19(18)20(23-24)15-8-2-3-9-16(15)21(17)25/h2-12H,1H3. The van der Waals surface area contributed by atoms with Crippen LogP contribution in [0.25, 0.3) is 22.2 Å². The predicted octanol–water partition coefficient (Wildman–Crippen LogP) is 4.24. The molecule has 5 rings (SSSR count). The van der Waals surface area contributed by atoms with Crippen LogP contribution in [0.15, 0.2) is 66.7 Å². The molecular formula is C22H14N2O2. The van der Waals surface area contributed by atoms with Crippen molar-refractivity contribution in [3.8, 4) is 11.3 Å². The molecule has 1 aliphatic carbocycles. The van der Waals surface area contributed by atoms with Gasteiger partial charge in [0.15, 0.2) is 5.78 Å². The summed E-state index contributed by atoms with van der Waals surface area (Å²) in [5.41, 5.74) is 4.93. The van der Waals surface area contributed by atoms with Crippen LogP contribution in [0.2, 0.25) is 0 Å². The molecule has 0 bridgehead atoms. The van der Waals surface area contributed by atoms with Crippen LogP contribution in [0.4, 0.5) is 0 Å². The molecule has 3 aromatic carbocycles. The summed E-state index contributed by atoms with van der Waals surface area (Å²) in [5, 5.41) is 5.36. The number of nitrogens with zero attached hydrogens (tertiary/aromatic N) is 2. The van der Waals surface area contributed by atoms with Crippen molar-refractivity contribution in [1.82, 2.24) is 9.78 Å². The highest BCUT2D eigenvalue weighted by Crippen LogP contribution is 2.38. The van der Waals surface area contributed by atoms with Crippen molar-refractivity contribution < 1.29 is 9.59 Å². The maximum Gasteiger partial charge on any atom is 0.278 e. The van der Waals surface area contributed by atoms with Crippen LogP contribution < -0.4 is 0 Å². The SMILES string of the molecule is Cc1cccc(C(=O)n2nc3c4c(cccc42)C(=O)c2ccccc2-3)c1. The summed E-state index contributed by atoms with van der Waals surface area (Å²) in [4.78, 5) is 25.9. The van der Waals surface area contributed by atoms with E-state index in [2.05, 4.69) is 5.10 Å². The highest BCUT2D eigenvalue weighted by Gasteiger charge is 2.29. The van der Waals surface area contributed by atoms with E-state index in [0.717, 1.165) is 16.5 Å². The molecule has 0 aliphatic heterocycles. The number of ketones is 1. The molecule has 1 aromatic heterocycles. The summed E-state index contributed by atoms with van der Waals surface area (Å²) in [5.74, 6) is -0.227. The summed E-state index contributed by atoms with van der Waals surface area (Å²) >= 11 is 0. The monoisotopic (exact) mass is 338 g/mol. The van der Waals surface area contributed by atoms with E-state index in [1.165, 1.54) is 4.68 Å². The Morgan fingerprint density at radius 1 is 0.885 bits per heavy atom. The van der Waals surface area contributed by atoms with Crippen molar-refractivity contribution in [3.05, 3.63) is 89.0 Å². The number of aryl methyl sites for hydroxylation is 1. The Labute approximate surface area is 149 Å². The zero-order valence-corrected chi connectivity index (χ0v) is 14.1. The molecule has 0 atom stereocenters. The number of benzene rings is 3. The van der Waals surface area contributed by atoms with Crippen molar-refractivity contribution in [1.29, 1.82) is 0 Å². The van der Waals surface area contributed by atoms with Gasteiger partial charge in [0.2, 0.25) is 0 Å². The summed E-state index contributed by atoms with van der Waals surface area (Å²) in [7, 11) is 0. The highest BCUT2D eigenvalue weighted by atomic mass is 16.2. The lowest BCUT2D eigenvalue weighted by Crippen LogP contribution is -2.13. The second-order valence-corrected chi connectivity index (χ2v) is 6.51. The maximum atomic E-state index is 13.1. The van der Waals surface area contributed by atoms with Crippen molar-refractivity contribution in [2.75, 3.05) is 0 Å². The molecule has 4 nitrogen and oxygen atoms in total. The number of hydrogen-bond donors (Lipinski definition) is 0. The first-order valence-corrected chi connectivity index (χ1v) is 8.42. The van der Waals surface area contributed by atoms with Crippen LogP contribution in [-0.4, -0.2) is 21.5 Å². The van der Waals surface area contributed by atoms with Crippen molar-refractivity contribution in [2.24, 2.45) is 0 Å². The van der Waals surface area contributed by atoms with Crippen LogP contribution in [0.3, 0.4) is 0 Å². The van der Waals surface area contributed by atoms with Crippen molar-refractivity contribution >= 4 is 22.6 Å². The van der Waals surface area contributed by atoms with Crippen LogP contribution in [0.1, 0.15) is 31.8 Å². The minimum absolute atomic E-state index is 0.0266. The number of rotatable bonds is 1. The minimum Gasteiger partial charge on any atom is -0.289 e. The molecule has 1 heterocycles. The molecule has 26 heavy (non-hydrogen) atoms. The molecule has 1 aliphatic rings. The lowest BCUT2D eigenvalue weighted by Gasteiger charge is -2.13. The van der Waals surface area contributed by atoms with Gasteiger partial charge in [-0.3, -0.25) is 9.59 Å². The van der Waals surface area contributed by atoms with Crippen LogP contribution in [-0.2, 0) is 0 Å². The van der Waals surface area contributed by atoms with E-state index in [1.54, 1.807) is 24.3 Å². The Hall–Kier alpha value is -3.53. The van der Waals surface area contributed by atoms with Crippen LogP contribution >= 0.6 is 0 Å². The third kappa shape index (κ3) is 1.93. The molecule has 124 valence electrons.